The molecule has 0 aliphatic heterocycles. The lowest BCUT2D eigenvalue weighted by Gasteiger charge is -2.19. The van der Waals surface area contributed by atoms with Crippen molar-refractivity contribution < 1.29 is 5.11 Å². The van der Waals surface area contributed by atoms with Gasteiger partial charge in [-0.1, -0.05) is 45.0 Å². The number of rotatable bonds is 2. The third-order valence-corrected chi connectivity index (χ3v) is 5.67. The molecule has 0 radical (unpaired) electrons. The Bertz CT molecular complexity index is 593. The molecule has 0 amide bonds. The quantitative estimate of drug-likeness (QED) is 0.827. The summed E-state index contributed by atoms with van der Waals surface area (Å²) in [6.45, 7) is 6.64. The molecule has 2 aromatic rings. The lowest BCUT2D eigenvalue weighted by Crippen LogP contribution is -2.11. The van der Waals surface area contributed by atoms with Crippen molar-refractivity contribution in [3.8, 4) is 0 Å². The Morgan fingerprint density at radius 2 is 1.71 bits per heavy atom. The van der Waals surface area contributed by atoms with Gasteiger partial charge in [0.05, 0.1) is 0 Å². The summed E-state index contributed by atoms with van der Waals surface area (Å²) in [6.07, 6.45) is 4.48. The van der Waals surface area contributed by atoms with Crippen LogP contribution in [0.3, 0.4) is 0 Å². The summed E-state index contributed by atoms with van der Waals surface area (Å²) >= 11 is 1.80. The largest absolute Gasteiger partial charge is 0.383 e. The standard InChI is InChI=1S/C19H24OS/c1-19(2,3)15-10-8-13(9-11-15)18(20)17-12-14-6-4-5-7-16(14)21-17/h8-12,18,20H,4-7H2,1-3H3. The van der Waals surface area contributed by atoms with E-state index in [-0.39, 0.29) is 5.41 Å². The van der Waals surface area contributed by atoms with Crippen LogP contribution in [0.4, 0.5) is 0 Å². The van der Waals surface area contributed by atoms with Crippen LogP contribution in [0.1, 0.15) is 66.2 Å². The first kappa shape index (κ1) is 14.8. The van der Waals surface area contributed by atoms with Crippen LogP contribution in [0.15, 0.2) is 30.3 Å². The minimum atomic E-state index is -0.477. The van der Waals surface area contributed by atoms with Crippen LogP contribution in [0.25, 0.3) is 0 Å². The smallest absolute Gasteiger partial charge is 0.113 e. The maximum atomic E-state index is 10.6. The van der Waals surface area contributed by atoms with Crippen molar-refractivity contribution in [2.75, 3.05) is 0 Å². The number of fused-ring (bicyclic) bond motifs is 1. The van der Waals surface area contributed by atoms with Crippen LogP contribution in [-0.4, -0.2) is 5.11 Å². The summed E-state index contributed by atoms with van der Waals surface area (Å²) in [7, 11) is 0. The summed E-state index contributed by atoms with van der Waals surface area (Å²) in [5.41, 5.74) is 3.93. The Morgan fingerprint density at radius 3 is 2.33 bits per heavy atom. The normalized spacial score (nSPS) is 16.6. The molecule has 112 valence electrons. The van der Waals surface area contributed by atoms with Crippen LogP contribution in [0, 0.1) is 0 Å². The van der Waals surface area contributed by atoms with Crippen molar-refractivity contribution in [1.82, 2.24) is 0 Å². The number of thiophene rings is 1. The number of aliphatic hydroxyl groups excluding tert-OH is 1. The maximum Gasteiger partial charge on any atom is 0.113 e. The fourth-order valence-corrected chi connectivity index (χ4v) is 4.25. The molecule has 1 aromatic carbocycles. The molecule has 1 aromatic heterocycles. The van der Waals surface area contributed by atoms with E-state index < -0.39 is 6.10 Å². The van der Waals surface area contributed by atoms with Gasteiger partial charge in [-0.15, -0.1) is 11.3 Å². The van der Waals surface area contributed by atoms with Gasteiger partial charge >= 0.3 is 0 Å². The number of hydrogen-bond acceptors (Lipinski definition) is 2. The second kappa shape index (κ2) is 5.58. The predicted octanol–water partition coefficient (Wildman–Crippen LogP) is 5.01. The fraction of sp³-hybridized carbons (Fsp3) is 0.474. The summed E-state index contributed by atoms with van der Waals surface area (Å²) in [4.78, 5) is 2.59. The van der Waals surface area contributed by atoms with E-state index in [9.17, 15) is 5.11 Å². The summed E-state index contributed by atoms with van der Waals surface area (Å²) in [6, 6.07) is 10.7. The van der Waals surface area contributed by atoms with Gasteiger partial charge in [-0.3, -0.25) is 0 Å². The van der Waals surface area contributed by atoms with Crippen LogP contribution in [0.2, 0.25) is 0 Å². The van der Waals surface area contributed by atoms with Gasteiger partial charge in [0, 0.05) is 9.75 Å². The minimum Gasteiger partial charge on any atom is -0.383 e. The molecule has 0 bridgehead atoms. The van der Waals surface area contributed by atoms with Crippen LogP contribution in [-0.2, 0) is 18.3 Å². The third-order valence-electron chi connectivity index (χ3n) is 4.38. The van der Waals surface area contributed by atoms with E-state index in [0.29, 0.717) is 0 Å². The lowest BCUT2D eigenvalue weighted by molar-refractivity contribution is 0.224. The molecule has 1 heterocycles. The molecule has 0 fully saturated rings. The van der Waals surface area contributed by atoms with Gasteiger partial charge in [0.1, 0.15) is 6.10 Å². The van der Waals surface area contributed by atoms with Gasteiger partial charge in [0.2, 0.25) is 0 Å². The third kappa shape index (κ3) is 3.07. The number of aryl methyl sites for hydroxylation is 2. The molecule has 1 nitrogen and oxygen atoms in total. The topological polar surface area (TPSA) is 20.2 Å². The molecule has 3 rings (SSSR count). The average molecular weight is 300 g/mol. The van der Waals surface area contributed by atoms with E-state index in [1.807, 2.05) is 0 Å². The van der Waals surface area contributed by atoms with Gasteiger partial charge in [-0.2, -0.15) is 0 Å². The van der Waals surface area contributed by atoms with E-state index in [4.69, 9.17) is 0 Å². The van der Waals surface area contributed by atoms with Crippen molar-refractivity contribution in [1.29, 1.82) is 0 Å². The zero-order valence-corrected chi connectivity index (χ0v) is 14.0. The van der Waals surface area contributed by atoms with Crippen LogP contribution in [0.5, 0.6) is 0 Å². The second-order valence-electron chi connectivity index (χ2n) is 7.08. The zero-order chi connectivity index (χ0) is 15.0. The SMILES string of the molecule is CC(C)(C)c1ccc(C(O)c2cc3c(s2)CCCC3)cc1. The maximum absolute atomic E-state index is 10.6. The van der Waals surface area contributed by atoms with Gasteiger partial charge in [-0.05, 0) is 53.9 Å². The molecule has 21 heavy (non-hydrogen) atoms. The molecule has 1 aliphatic rings. The number of benzene rings is 1. The fourth-order valence-electron chi connectivity index (χ4n) is 2.98. The van der Waals surface area contributed by atoms with Gasteiger partial charge in [0.15, 0.2) is 0 Å². The average Bonchev–Trinajstić information content (AvgIpc) is 2.89. The van der Waals surface area contributed by atoms with E-state index in [1.54, 1.807) is 11.3 Å². The van der Waals surface area contributed by atoms with E-state index >= 15 is 0 Å². The first-order chi connectivity index (χ1) is 9.95. The Kier molecular flexibility index (Phi) is 3.94. The van der Waals surface area contributed by atoms with Gasteiger partial charge < -0.3 is 5.11 Å². The summed E-state index contributed by atoms with van der Waals surface area (Å²) < 4.78 is 0. The molecule has 1 atom stereocenters. The Hall–Kier alpha value is -1.12. The Morgan fingerprint density at radius 1 is 1.05 bits per heavy atom. The van der Waals surface area contributed by atoms with Crippen molar-refractivity contribution in [2.45, 2.75) is 58.0 Å². The molecule has 2 heteroatoms. The van der Waals surface area contributed by atoms with Crippen LogP contribution >= 0.6 is 11.3 Å². The second-order valence-corrected chi connectivity index (χ2v) is 8.25. The first-order valence-electron chi connectivity index (χ1n) is 7.85. The zero-order valence-electron chi connectivity index (χ0n) is 13.1. The molecule has 1 unspecified atom stereocenters. The summed E-state index contributed by atoms with van der Waals surface area (Å²) in [5, 5.41) is 10.6. The first-order valence-corrected chi connectivity index (χ1v) is 8.67. The highest BCUT2D eigenvalue weighted by Gasteiger charge is 2.20. The Labute approximate surface area is 131 Å². The number of hydrogen-bond donors (Lipinski definition) is 1. The van der Waals surface area contributed by atoms with E-state index in [0.717, 1.165) is 10.4 Å². The number of aliphatic hydroxyl groups is 1. The van der Waals surface area contributed by atoms with Gasteiger partial charge in [-0.25, -0.2) is 0 Å². The van der Waals surface area contributed by atoms with Crippen molar-refractivity contribution in [3.05, 3.63) is 56.8 Å². The molecule has 1 N–H and O–H groups in total. The van der Waals surface area contributed by atoms with Crippen molar-refractivity contribution >= 4 is 11.3 Å². The predicted molar refractivity (Wildman–Crippen MR) is 90.2 cm³/mol. The summed E-state index contributed by atoms with van der Waals surface area (Å²) in [5.74, 6) is 0. The van der Waals surface area contributed by atoms with Crippen molar-refractivity contribution in [2.24, 2.45) is 0 Å². The molecule has 1 aliphatic carbocycles. The molecule has 0 saturated carbocycles. The van der Waals surface area contributed by atoms with E-state index in [2.05, 4.69) is 51.1 Å². The van der Waals surface area contributed by atoms with Crippen molar-refractivity contribution in [3.63, 3.8) is 0 Å². The van der Waals surface area contributed by atoms with E-state index in [1.165, 1.54) is 41.7 Å². The monoisotopic (exact) mass is 300 g/mol. The Balaban J connectivity index is 1.84. The van der Waals surface area contributed by atoms with Crippen LogP contribution < -0.4 is 0 Å². The molecule has 0 saturated heterocycles. The highest BCUT2D eigenvalue weighted by atomic mass is 32.1. The van der Waals surface area contributed by atoms with Gasteiger partial charge in [0.25, 0.3) is 0 Å². The molecular formula is C19H24OS. The molecular weight excluding hydrogens is 276 g/mol. The highest BCUT2D eigenvalue weighted by molar-refractivity contribution is 7.12. The molecule has 0 spiro atoms. The minimum absolute atomic E-state index is 0.158. The highest BCUT2D eigenvalue weighted by Crippen LogP contribution is 2.35. The lowest BCUT2D eigenvalue weighted by atomic mass is 9.86.